The summed E-state index contributed by atoms with van der Waals surface area (Å²) < 4.78 is 5.93. The van der Waals surface area contributed by atoms with E-state index in [2.05, 4.69) is 22.2 Å². The van der Waals surface area contributed by atoms with Gasteiger partial charge in [-0.25, -0.2) is 4.98 Å². The largest absolute Gasteiger partial charge is 0.437 e. The van der Waals surface area contributed by atoms with Crippen LogP contribution in [0.1, 0.15) is 18.5 Å². The number of para-hydroxylation sites is 1. The van der Waals surface area contributed by atoms with Crippen LogP contribution < -0.4 is 10.1 Å². The van der Waals surface area contributed by atoms with Crippen molar-refractivity contribution < 1.29 is 4.74 Å². The van der Waals surface area contributed by atoms with Gasteiger partial charge in [0.2, 0.25) is 5.88 Å². The molecule has 0 radical (unpaired) electrons. The van der Waals surface area contributed by atoms with Crippen molar-refractivity contribution in [1.82, 2.24) is 15.3 Å². The molecule has 2 heterocycles. The molecule has 0 aliphatic rings. The second-order valence-electron chi connectivity index (χ2n) is 4.87. The maximum absolute atomic E-state index is 5.93. The maximum Gasteiger partial charge on any atom is 0.224 e. The molecule has 4 heteroatoms. The van der Waals surface area contributed by atoms with Crippen molar-refractivity contribution >= 4 is 10.9 Å². The summed E-state index contributed by atoms with van der Waals surface area (Å²) in [5, 5.41) is 4.25. The number of pyridine rings is 2. The van der Waals surface area contributed by atoms with Crippen LogP contribution >= 0.6 is 0 Å². The van der Waals surface area contributed by atoms with E-state index in [0.717, 1.165) is 16.5 Å². The van der Waals surface area contributed by atoms with E-state index < -0.39 is 0 Å². The maximum atomic E-state index is 5.93. The van der Waals surface area contributed by atoms with Gasteiger partial charge in [-0.1, -0.05) is 24.3 Å². The van der Waals surface area contributed by atoms with Crippen molar-refractivity contribution in [1.29, 1.82) is 0 Å². The number of nitrogens with zero attached hydrogens (tertiary/aromatic N) is 2. The summed E-state index contributed by atoms with van der Waals surface area (Å²) in [6.07, 6.45) is 3.46. The molecule has 3 aromatic rings. The molecule has 2 aromatic heterocycles. The van der Waals surface area contributed by atoms with E-state index in [0.29, 0.717) is 11.6 Å². The third-order valence-electron chi connectivity index (χ3n) is 3.48. The van der Waals surface area contributed by atoms with Crippen LogP contribution in [-0.4, -0.2) is 17.0 Å². The third-order valence-corrected chi connectivity index (χ3v) is 3.48. The van der Waals surface area contributed by atoms with Crippen molar-refractivity contribution in [3.63, 3.8) is 0 Å². The molecule has 1 unspecified atom stereocenters. The molecule has 1 atom stereocenters. The van der Waals surface area contributed by atoms with Crippen molar-refractivity contribution in [2.24, 2.45) is 0 Å². The third kappa shape index (κ3) is 2.85. The molecule has 4 nitrogen and oxygen atoms in total. The smallest absolute Gasteiger partial charge is 0.224 e. The standard InChI is InChI=1S/C17H17N3O/c1-12(18-2)15-7-5-9-19-17(15)21-14-10-13-6-3-4-8-16(13)20-11-14/h3-12,18H,1-2H3. The number of ether oxygens (including phenoxy) is 1. The monoisotopic (exact) mass is 279 g/mol. The lowest BCUT2D eigenvalue weighted by Gasteiger charge is -2.15. The number of fused-ring (bicyclic) bond motifs is 1. The summed E-state index contributed by atoms with van der Waals surface area (Å²) in [6, 6.07) is 14.0. The topological polar surface area (TPSA) is 47.0 Å². The molecule has 21 heavy (non-hydrogen) atoms. The van der Waals surface area contributed by atoms with E-state index in [1.165, 1.54) is 0 Å². The van der Waals surface area contributed by atoms with Crippen molar-refractivity contribution in [2.45, 2.75) is 13.0 Å². The first-order valence-electron chi connectivity index (χ1n) is 6.93. The summed E-state index contributed by atoms with van der Waals surface area (Å²) in [5.74, 6) is 1.30. The lowest BCUT2D eigenvalue weighted by atomic mass is 10.1. The van der Waals surface area contributed by atoms with E-state index in [1.54, 1.807) is 12.4 Å². The van der Waals surface area contributed by atoms with E-state index in [-0.39, 0.29) is 6.04 Å². The molecular formula is C17H17N3O. The van der Waals surface area contributed by atoms with Gasteiger partial charge in [0.25, 0.3) is 0 Å². The minimum atomic E-state index is 0.169. The highest BCUT2D eigenvalue weighted by Crippen LogP contribution is 2.28. The molecule has 1 N–H and O–H groups in total. The zero-order valence-electron chi connectivity index (χ0n) is 12.1. The lowest BCUT2D eigenvalue weighted by Crippen LogP contribution is -2.13. The van der Waals surface area contributed by atoms with Gasteiger partial charge in [0.1, 0.15) is 5.75 Å². The van der Waals surface area contributed by atoms with Gasteiger partial charge < -0.3 is 10.1 Å². The number of aromatic nitrogens is 2. The Morgan fingerprint density at radius 1 is 1.10 bits per heavy atom. The zero-order chi connectivity index (χ0) is 14.7. The molecular weight excluding hydrogens is 262 g/mol. The van der Waals surface area contributed by atoms with E-state index >= 15 is 0 Å². The second kappa shape index (κ2) is 5.89. The first-order chi connectivity index (χ1) is 10.3. The molecule has 106 valence electrons. The Morgan fingerprint density at radius 2 is 1.95 bits per heavy atom. The van der Waals surface area contributed by atoms with Crippen LogP contribution in [0.25, 0.3) is 10.9 Å². The van der Waals surface area contributed by atoms with E-state index in [9.17, 15) is 0 Å². The molecule has 0 spiro atoms. The zero-order valence-corrected chi connectivity index (χ0v) is 12.1. The second-order valence-corrected chi connectivity index (χ2v) is 4.87. The molecule has 0 saturated carbocycles. The molecule has 0 aliphatic carbocycles. The minimum Gasteiger partial charge on any atom is -0.437 e. The summed E-state index contributed by atoms with van der Waals surface area (Å²) in [7, 11) is 1.92. The van der Waals surface area contributed by atoms with Crippen LogP contribution in [0.5, 0.6) is 11.6 Å². The quantitative estimate of drug-likeness (QED) is 0.791. The van der Waals surface area contributed by atoms with Crippen LogP contribution in [0.15, 0.2) is 54.9 Å². The average molecular weight is 279 g/mol. The van der Waals surface area contributed by atoms with Crippen LogP contribution in [0.4, 0.5) is 0 Å². The predicted molar refractivity (Wildman–Crippen MR) is 83.5 cm³/mol. The first-order valence-corrected chi connectivity index (χ1v) is 6.93. The molecule has 0 fully saturated rings. The van der Waals surface area contributed by atoms with Gasteiger partial charge >= 0.3 is 0 Å². The number of rotatable bonds is 4. The number of hydrogen-bond donors (Lipinski definition) is 1. The van der Waals surface area contributed by atoms with Crippen molar-refractivity contribution in [3.05, 3.63) is 60.4 Å². The predicted octanol–water partition coefficient (Wildman–Crippen LogP) is 3.70. The molecule has 0 bridgehead atoms. The van der Waals surface area contributed by atoms with Gasteiger partial charge in [-0.3, -0.25) is 4.98 Å². The fourth-order valence-corrected chi connectivity index (χ4v) is 2.19. The van der Waals surface area contributed by atoms with Crippen LogP contribution in [0.3, 0.4) is 0 Å². The Kier molecular flexibility index (Phi) is 3.79. The highest BCUT2D eigenvalue weighted by atomic mass is 16.5. The van der Waals surface area contributed by atoms with E-state index in [1.807, 2.05) is 49.5 Å². The Balaban J connectivity index is 1.95. The molecule has 0 aliphatic heterocycles. The SMILES string of the molecule is CNC(C)c1cccnc1Oc1cnc2ccccc2c1. The molecule has 1 aromatic carbocycles. The number of benzene rings is 1. The Bertz CT molecular complexity index is 758. The summed E-state index contributed by atoms with van der Waals surface area (Å²) in [6.45, 7) is 2.07. The van der Waals surface area contributed by atoms with Gasteiger partial charge in [-0.15, -0.1) is 0 Å². The molecule has 3 rings (SSSR count). The van der Waals surface area contributed by atoms with E-state index in [4.69, 9.17) is 4.74 Å². The highest BCUT2D eigenvalue weighted by Gasteiger charge is 2.12. The van der Waals surface area contributed by atoms with Crippen LogP contribution in [0.2, 0.25) is 0 Å². The lowest BCUT2D eigenvalue weighted by molar-refractivity contribution is 0.446. The van der Waals surface area contributed by atoms with Gasteiger partial charge in [-0.2, -0.15) is 0 Å². The Labute approximate surface area is 123 Å². The Hall–Kier alpha value is -2.46. The fraction of sp³-hybridized carbons (Fsp3) is 0.176. The van der Waals surface area contributed by atoms with Crippen molar-refractivity contribution in [2.75, 3.05) is 7.05 Å². The van der Waals surface area contributed by atoms with Gasteiger partial charge in [0.05, 0.1) is 11.7 Å². The van der Waals surface area contributed by atoms with Crippen LogP contribution in [0, 0.1) is 0 Å². The highest BCUT2D eigenvalue weighted by molar-refractivity contribution is 5.79. The minimum absolute atomic E-state index is 0.169. The molecule has 0 saturated heterocycles. The van der Waals surface area contributed by atoms with Gasteiger partial charge in [0, 0.05) is 23.2 Å². The number of hydrogen-bond acceptors (Lipinski definition) is 4. The summed E-state index contributed by atoms with van der Waals surface area (Å²) in [4.78, 5) is 8.74. The van der Waals surface area contributed by atoms with Crippen molar-refractivity contribution in [3.8, 4) is 11.6 Å². The fourth-order valence-electron chi connectivity index (χ4n) is 2.19. The Morgan fingerprint density at radius 3 is 2.81 bits per heavy atom. The van der Waals surface area contributed by atoms with Gasteiger partial charge in [-0.05, 0) is 32.2 Å². The van der Waals surface area contributed by atoms with Gasteiger partial charge in [0.15, 0.2) is 0 Å². The average Bonchev–Trinajstić information content (AvgIpc) is 2.54. The number of nitrogens with one attached hydrogen (secondary N) is 1. The normalized spacial score (nSPS) is 12.3. The van der Waals surface area contributed by atoms with Crippen LogP contribution in [-0.2, 0) is 0 Å². The first kappa shape index (κ1) is 13.5. The molecule has 0 amide bonds. The summed E-state index contributed by atoms with van der Waals surface area (Å²) >= 11 is 0. The summed E-state index contributed by atoms with van der Waals surface area (Å²) in [5.41, 5.74) is 1.97.